The number of carbonyl (C=O) groups excluding carboxylic acids is 5. The van der Waals surface area contributed by atoms with Gasteiger partial charge in [-0.1, -0.05) is 41.0 Å². The van der Waals surface area contributed by atoms with Gasteiger partial charge in [0.1, 0.15) is 23.0 Å². The van der Waals surface area contributed by atoms with E-state index >= 15 is 0 Å². The fraction of sp³-hybridized carbons (Fsp3) is 0.783. The van der Waals surface area contributed by atoms with Crippen molar-refractivity contribution in [2.24, 2.45) is 11.3 Å². The van der Waals surface area contributed by atoms with Crippen molar-refractivity contribution in [3.05, 3.63) is 0 Å². The average Bonchev–Trinajstić information content (AvgIpc) is 2.91. The number of imide groups is 1. The summed E-state index contributed by atoms with van der Waals surface area (Å²) < 4.78 is 0. The predicted octanol–water partition coefficient (Wildman–Crippen LogP) is 1.46. The van der Waals surface area contributed by atoms with Gasteiger partial charge in [0.25, 0.3) is 5.91 Å². The number of nitrogens with zero attached hydrogens (tertiary/aromatic N) is 2. The lowest BCUT2D eigenvalue weighted by molar-refractivity contribution is -0.134. The van der Waals surface area contributed by atoms with E-state index < -0.39 is 46.3 Å². The highest BCUT2D eigenvalue weighted by molar-refractivity contribution is 6.31. The summed E-state index contributed by atoms with van der Waals surface area (Å²) in [7, 11) is 3.04. The fourth-order valence-electron chi connectivity index (χ4n) is 3.55. The van der Waals surface area contributed by atoms with E-state index in [4.69, 9.17) is 11.6 Å². The van der Waals surface area contributed by atoms with Crippen LogP contribution >= 0.6 is 11.6 Å². The van der Waals surface area contributed by atoms with Gasteiger partial charge in [0, 0.05) is 20.6 Å². The molecule has 0 saturated carbocycles. The first kappa shape index (κ1) is 29.7. The number of nitrogens with one attached hydrogen (secondary N) is 3. The molecule has 1 saturated heterocycles. The van der Waals surface area contributed by atoms with Crippen LogP contribution in [0.25, 0.3) is 0 Å². The normalized spacial score (nSPS) is 19.4. The van der Waals surface area contributed by atoms with Crippen molar-refractivity contribution in [3.63, 3.8) is 0 Å². The molecule has 1 aliphatic rings. The number of amides is 6. The third-order valence-corrected chi connectivity index (χ3v) is 6.89. The van der Waals surface area contributed by atoms with Crippen LogP contribution in [0, 0.1) is 11.3 Å². The van der Waals surface area contributed by atoms with E-state index in [0.29, 0.717) is 6.42 Å². The number of alkyl halides is 1. The van der Waals surface area contributed by atoms with E-state index in [2.05, 4.69) is 16.0 Å². The van der Waals surface area contributed by atoms with Gasteiger partial charge in [-0.3, -0.25) is 24.1 Å². The molecule has 4 atom stereocenters. The van der Waals surface area contributed by atoms with Crippen LogP contribution in [0.1, 0.15) is 61.3 Å². The monoisotopic (exact) mass is 501 g/mol. The zero-order valence-corrected chi connectivity index (χ0v) is 22.5. The Hall–Kier alpha value is -2.36. The van der Waals surface area contributed by atoms with Crippen LogP contribution in [-0.2, 0) is 19.2 Å². The Morgan fingerprint density at radius 3 is 2.03 bits per heavy atom. The van der Waals surface area contributed by atoms with E-state index in [1.54, 1.807) is 20.9 Å². The predicted molar refractivity (Wildman–Crippen MR) is 130 cm³/mol. The quantitative estimate of drug-likeness (QED) is 0.308. The summed E-state index contributed by atoms with van der Waals surface area (Å²) in [6.45, 7) is 12.5. The third-order valence-electron chi connectivity index (χ3n) is 6.47. The molecule has 0 aromatic heterocycles. The maximum absolute atomic E-state index is 13.1. The van der Waals surface area contributed by atoms with Gasteiger partial charge in [-0.25, -0.2) is 4.79 Å². The smallest absolute Gasteiger partial charge is 0.327 e. The van der Waals surface area contributed by atoms with Crippen molar-refractivity contribution in [2.45, 2.75) is 84.3 Å². The molecule has 1 aliphatic heterocycles. The summed E-state index contributed by atoms with van der Waals surface area (Å²) in [5.74, 6) is -1.99. The van der Waals surface area contributed by atoms with Crippen LogP contribution in [-0.4, -0.2) is 83.1 Å². The van der Waals surface area contributed by atoms with E-state index in [0.717, 1.165) is 4.90 Å². The topological polar surface area (TPSA) is 128 Å². The Morgan fingerprint density at radius 1 is 1.06 bits per heavy atom. The number of likely N-dealkylation sites (N-methyl/N-ethyl adjacent to an activating group) is 2. The summed E-state index contributed by atoms with van der Waals surface area (Å²) >= 11 is 6.29. The maximum atomic E-state index is 13.1. The van der Waals surface area contributed by atoms with Crippen LogP contribution in [0.3, 0.4) is 0 Å². The zero-order chi connectivity index (χ0) is 26.6. The second-order valence-corrected chi connectivity index (χ2v) is 10.9. The van der Waals surface area contributed by atoms with Gasteiger partial charge in [-0.15, -0.1) is 11.6 Å². The first-order chi connectivity index (χ1) is 15.5. The lowest BCUT2D eigenvalue weighted by atomic mass is 9.85. The first-order valence-corrected chi connectivity index (χ1v) is 12.0. The standard InChI is InChI=1S/C23H40ClN5O5/c1-10-13(2)15(18(31)27-16(19(32)25-8)22(3,4)5)26-17(30)14(24)11-12-29-20(33)23(6,7)28(9)21(29)34/h13-16H,10-12H2,1-9H3,(H,25,32)(H,26,30)(H,27,31)/t13?,14-,15+,16-/m1/s1. The van der Waals surface area contributed by atoms with Gasteiger partial charge in [-0.05, 0) is 31.6 Å². The molecule has 1 fully saturated rings. The molecule has 10 nitrogen and oxygen atoms in total. The molecule has 0 aromatic carbocycles. The molecule has 0 aliphatic carbocycles. The molecule has 0 radical (unpaired) electrons. The SMILES string of the molecule is CCC(C)[C@H](NC(=O)[C@H](Cl)CCN1C(=O)N(C)C(C)(C)C1=O)C(=O)N[C@H](C(=O)NC)C(C)(C)C. The zero-order valence-electron chi connectivity index (χ0n) is 21.7. The number of hydrogen-bond acceptors (Lipinski definition) is 5. The summed E-state index contributed by atoms with van der Waals surface area (Å²) in [6, 6.07) is -2.15. The molecule has 194 valence electrons. The van der Waals surface area contributed by atoms with Crippen molar-refractivity contribution in [3.8, 4) is 0 Å². The van der Waals surface area contributed by atoms with Crippen molar-refractivity contribution in [1.29, 1.82) is 0 Å². The Morgan fingerprint density at radius 2 is 1.62 bits per heavy atom. The molecule has 1 unspecified atom stereocenters. The Kier molecular flexibility index (Phi) is 9.93. The lowest BCUT2D eigenvalue weighted by Gasteiger charge is -2.32. The number of urea groups is 1. The second kappa shape index (κ2) is 11.4. The van der Waals surface area contributed by atoms with Crippen LogP contribution in [0.15, 0.2) is 0 Å². The molecule has 1 heterocycles. The molecule has 0 aromatic rings. The highest BCUT2D eigenvalue weighted by atomic mass is 35.5. The Balaban J connectivity index is 2.89. The second-order valence-electron chi connectivity index (χ2n) is 10.4. The van der Waals surface area contributed by atoms with Crippen LogP contribution in [0.2, 0.25) is 0 Å². The van der Waals surface area contributed by atoms with E-state index in [-0.39, 0.29) is 30.7 Å². The molecule has 1 rings (SSSR count). The lowest BCUT2D eigenvalue weighted by Crippen LogP contribution is -2.59. The van der Waals surface area contributed by atoms with Crippen LogP contribution in [0.4, 0.5) is 4.79 Å². The third kappa shape index (κ3) is 6.61. The summed E-state index contributed by atoms with van der Waals surface area (Å²) in [5, 5.41) is 6.94. The van der Waals surface area contributed by atoms with E-state index in [1.807, 2.05) is 34.6 Å². The fourth-order valence-corrected chi connectivity index (χ4v) is 3.71. The average molecular weight is 502 g/mol. The molecule has 11 heteroatoms. The number of halogens is 1. The minimum Gasteiger partial charge on any atom is -0.357 e. The molecule has 6 amide bonds. The van der Waals surface area contributed by atoms with Crippen molar-refractivity contribution >= 4 is 41.3 Å². The summed E-state index contributed by atoms with van der Waals surface area (Å²) in [4.78, 5) is 65.5. The molecule has 0 spiro atoms. The minimum absolute atomic E-state index is 0.0179. The van der Waals surface area contributed by atoms with Crippen molar-refractivity contribution in [1.82, 2.24) is 25.8 Å². The van der Waals surface area contributed by atoms with Crippen molar-refractivity contribution in [2.75, 3.05) is 20.6 Å². The minimum atomic E-state index is -1.06. The van der Waals surface area contributed by atoms with Gasteiger partial charge >= 0.3 is 6.03 Å². The number of carbonyl (C=O) groups is 5. The summed E-state index contributed by atoms with van der Waals surface area (Å²) in [6.07, 6.45) is 0.635. The van der Waals surface area contributed by atoms with Gasteiger partial charge < -0.3 is 20.9 Å². The molecule has 34 heavy (non-hydrogen) atoms. The summed E-state index contributed by atoms with van der Waals surface area (Å²) in [5.41, 5.74) is -1.51. The first-order valence-electron chi connectivity index (χ1n) is 11.6. The van der Waals surface area contributed by atoms with Gasteiger partial charge in [0.15, 0.2) is 0 Å². The van der Waals surface area contributed by atoms with Gasteiger partial charge in [-0.2, -0.15) is 0 Å². The number of rotatable bonds is 10. The van der Waals surface area contributed by atoms with Crippen LogP contribution in [0.5, 0.6) is 0 Å². The van der Waals surface area contributed by atoms with E-state index in [9.17, 15) is 24.0 Å². The molecular formula is C23H40ClN5O5. The van der Waals surface area contributed by atoms with Gasteiger partial charge in [0.05, 0.1) is 0 Å². The Labute approximate surface area is 207 Å². The maximum Gasteiger partial charge on any atom is 0.327 e. The highest BCUT2D eigenvalue weighted by Crippen LogP contribution is 2.26. The van der Waals surface area contributed by atoms with E-state index in [1.165, 1.54) is 11.9 Å². The molecular weight excluding hydrogens is 462 g/mol. The van der Waals surface area contributed by atoms with Gasteiger partial charge in [0.2, 0.25) is 17.7 Å². The molecule has 3 N–H and O–H groups in total. The number of hydrogen-bond donors (Lipinski definition) is 3. The van der Waals surface area contributed by atoms with Crippen molar-refractivity contribution < 1.29 is 24.0 Å². The van der Waals surface area contributed by atoms with Crippen LogP contribution < -0.4 is 16.0 Å². The molecule has 0 bridgehead atoms. The highest BCUT2D eigenvalue weighted by Gasteiger charge is 2.49. The largest absolute Gasteiger partial charge is 0.357 e. The Bertz CT molecular complexity index is 810.